The molecule has 1 amide bonds. The lowest BCUT2D eigenvalue weighted by Crippen LogP contribution is -2.49. The first-order chi connectivity index (χ1) is 12.0. The van der Waals surface area contributed by atoms with E-state index >= 15 is 0 Å². The molecule has 1 heterocycles. The summed E-state index contributed by atoms with van der Waals surface area (Å²) in [5.74, 6) is 0. The van der Waals surface area contributed by atoms with Gasteiger partial charge in [-0.3, -0.25) is 4.90 Å². The largest absolute Gasteiger partial charge is 0.444 e. The number of benzene rings is 1. The van der Waals surface area contributed by atoms with Crippen molar-refractivity contribution in [2.24, 2.45) is 0 Å². The molecule has 0 saturated carbocycles. The Labute approximate surface area is 161 Å². The molecule has 146 valence electrons. The van der Waals surface area contributed by atoms with E-state index < -0.39 is 11.3 Å². The standard InChI is InChI=1S/C20H30ClNO4/c1-19(2,3)26-18(23)22-16(13-25-20(22,4)5)11-12-17(24-6)14-7-9-15(21)10-8-14/h7-10,16-17H,11-13H2,1-6H3. The van der Waals surface area contributed by atoms with E-state index in [1.807, 2.05) is 58.9 Å². The van der Waals surface area contributed by atoms with E-state index in [1.165, 1.54) is 0 Å². The molecule has 5 nitrogen and oxygen atoms in total. The molecule has 2 rings (SSSR count). The third kappa shape index (κ3) is 5.35. The number of ether oxygens (including phenoxy) is 3. The maximum atomic E-state index is 12.7. The zero-order valence-electron chi connectivity index (χ0n) is 16.5. The van der Waals surface area contributed by atoms with Crippen LogP contribution in [-0.2, 0) is 14.2 Å². The predicted molar refractivity (Wildman–Crippen MR) is 102 cm³/mol. The van der Waals surface area contributed by atoms with Gasteiger partial charge in [0.25, 0.3) is 0 Å². The molecular weight excluding hydrogens is 354 g/mol. The molecule has 0 aliphatic carbocycles. The van der Waals surface area contributed by atoms with Crippen LogP contribution in [0, 0.1) is 0 Å². The van der Waals surface area contributed by atoms with Gasteiger partial charge in [0.1, 0.15) is 11.3 Å². The second-order valence-corrected chi connectivity index (χ2v) is 8.55. The molecule has 1 aliphatic heterocycles. The maximum absolute atomic E-state index is 12.7. The van der Waals surface area contributed by atoms with E-state index in [2.05, 4.69) is 0 Å². The Morgan fingerprint density at radius 3 is 2.50 bits per heavy atom. The molecule has 0 radical (unpaired) electrons. The minimum atomic E-state index is -0.685. The van der Waals surface area contributed by atoms with Crippen LogP contribution in [0.25, 0.3) is 0 Å². The van der Waals surface area contributed by atoms with Crippen LogP contribution in [0.3, 0.4) is 0 Å². The van der Waals surface area contributed by atoms with Crippen LogP contribution in [0.1, 0.15) is 59.1 Å². The fourth-order valence-corrected chi connectivity index (χ4v) is 3.34. The Morgan fingerprint density at radius 1 is 1.35 bits per heavy atom. The molecule has 0 bridgehead atoms. The number of nitrogens with zero attached hydrogens (tertiary/aromatic N) is 1. The molecule has 1 saturated heterocycles. The highest BCUT2D eigenvalue weighted by Gasteiger charge is 2.45. The van der Waals surface area contributed by atoms with E-state index in [1.54, 1.807) is 12.0 Å². The van der Waals surface area contributed by atoms with Crippen LogP contribution in [0.5, 0.6) is 0 Å². The van der Waals surface area contributed by atoms with Crippen molar-refractivity contribution in [3.8, 4) is 0 Å². The number of carbonyl (C=O) groups excluding carboxylic acids is 1. The number of hydrogen-bond acceptors (Lipinski definition) is 4. The fourth-order valence-electron chi connectivity index (χ4n) is 3.22. The Hall–Kier alpha value is -1.30. The van der Waals surface area contributed by atoms with Gasteiger partial charge in [0.2, 0.25) is 0 Å². The summed E-state index contributed by atoms with van der Waals surface area (Å²) in [5.41, 5.74) is -0.159. The van der Waals surface area contributed by atoms with Gasteiger partial charge in [-0.25, -0.2) is 4.79 Å². The summed E-state index contributed by atoms with van der Waals surface area (Å²) in [5, 5.41) is 0.700. The number of methoxy groups -OCH3 is 1. The van der Waals surface area contributed by atoms with Gasteiger partial charge in [-0.2, -0.15) is 0 Å². The Bertz CT molecular complexity index is 609. The number of halogens is 1. The van der Waals surface area contributed by atoms with Gasteiger partial charge in [0.05, 0.1) is 18.8 Å². The van der Waals surface area contributed by atoms with Crippen LogP contribution < -0.4 is 0 Å². The first-order valence-electron chi connectivity index (χ1n) is 8.98. The van der Waals surface area contributed by atoms with Gasteiger partial charge in [-0.1, -0.05) is 23.7 Å². The molecule has 0 aromatic heterocycles. The number of rotatable bonds is 5. The molecule has 6 heteroatoms. The van der Waals surface area contributed by atoms with Gasteiger partial charge in [0, 0.05) is 12.1 Å². The average molecular weight is 384 g/mol. The Kier molecular flexibility index (Phi) is 6.59. The lowest BCUT2D eigenvalue weighted by Gasteiger charge is -2.35. The topological polar surface area (TPSA) is 48.0 Å². The van der Waals surface area contributed by atoms with Gasteiger partial charge in [-0.05, 0) is 65.2 Å². The van der Waals surface area contributed by atoms with Crippen molar-refractivity contribution in [3.05, 3.63) is 34.9 Å². The van der Waals surface area contributed by atoms with Crippen LogP contribution in [0.15, 0.2) is 24.3 Å². The molecule has 1 aromatic rings. The minimum Gasteiger partial charge on any atom is -0.444 e. The zero-order chi connectivity index (χ0) is 19.5. The monoisotopic (exact) mass is 383 g/mol. The Morgan fingerprint density at radius 2 is 1.96 bits per heavy atom. The van der Waals surface area contributed by atoms with E-state index in [-0.39, 0.29) is 18.2 Å². The van der Waals surface area contributed by atoms with Crippen LogP contribution in [0.4, 0.5) is 4.79 Å². The molecule has 1 fully saturated rings. The number of hydrogen-bond donors (Lipinski definition) is 0. The first-order valence-corrected chi connectivity index (χ1v) is 9.36. The normalized spacial score (nSPS) is 20.9. The highest BCUT2D eigenvalue weighted by atomic mass is 35.5. The van der Waals surface area contributed by atoms with Gasteiger partial charge in [-0.15, -0.1) is 0 Å². The summed E-state index contributed by atoms with van der Waals surface area (Å²) >= 11 is 5.96. The highest BCUT2D eigenvalue weighted by molar-refractivity contribution is 6.30. The van der Waals surface area contributed by atoms with E-state index in [4.69, 9.17) is 25.8 Å². The van der Waals surface area contributed by atoms with Gasteiger partial charge in [0.15, 0.2) is 0 Å². The van der Waals surface area contributed by atoms with Crippen LogP contribution >= 0.6 is 11.6 Å². The number of carbonyl (C=O) groups is 1. The molecule has 1 aromatic carbocycles. The molecule has 1 aliphatic rings. The van der Waals surface area contributed by atoms with Crippen LogP contribution in [-0.4, -0.2) is 42.1 Å². The second-order valence-electron chi connectivity index (χ2n) is 8.12. The highest BCUT2D eigenvalue weighted by Crippen LogP contribution is 2.33. The number of amides is 1. The van der Waals surface area contributed by atoms with Crippen LogP contribution in [0.2, 0.25) is 5.02 Å². The van der Waals surface area contributed by atoms with Gasteiger partial charge >= 0.3 is 6.09 Å². The fraction of sp³-hybridized carbons (Fsp3) is 0.650. The molecule has 2 atom stereocenters. The lowest BCUT2D eigenvalue weighted by atomic mass is 10.0. The van der Waals surface area contributed by atoms with Crippen molar-refractivity contribution >= 4 is 17.7 Å². The first kappa shape index (κ1) is 21.0. The minimum absolute atomic E-state index is 0.0511. The molecule has 0 N–H and O–H groups in total. The third-order valence-electron chi connectivity index (χ3n) is 4.45. The SMILES string of the molecule is COC(CCC1COC(C)(C)N1C(=O)OC(C)(C)C)c1ccc(Cl)cc1. The molecular formula is C20H30ClNO4. The van der Waals surface area contributed by atoms with Gasteiger partial charge < -0.3 is 14.2 Å². The van der Waals surface area contributed by atoms with Crippen molar-refractivity contribution in [1.29, 1.82) is 0 Å². The maximum Gasteiger partial charge on any atom is 0.412 e. The van der Waals surface area contributed by atoms with Crippen molar-refractivity contribution < 1.29 is 19.0 Å². The molecule has 0 spiro atoms. The summed E-state index contributed by atoms with van der Waals surface area (Å²) in [7, 11) is 1.69. The molecule has 26 heavy (non-hydrogen) atoms. The second kappa shape index (κ2) is 8.15. The zero-order valence-corrected chi connectivity index (χ0v) is 17.3. The summed E-state index contributed by atoms with van der Waals surface area (Å²) in [6, 6.07) is 7.61. The summed E-state index contributed by atoms with van der Waals surface area (Å²) in [6.45, 7) is 9.87. The van der Waals surface area contributed by atoms with Crippen molar-refractivity contribution in [2.75, 3.05) is 13.7 Å². The summed E-state index contributed by atoms with van der Waals surface area (Å²) in [6.07, 6.45) is 1.12. The Balaban J connectivity index is 2.06. The van der Waals surface area contributed by atoms with E-state index in [0.29, 0.717) is 11.6 Å². The van der Waals surface area contributed by atoms with E-state index in [9.17, 15) is 4.79 Å². The van der Waals surface area contributed by atoms with Crippen molar-refractivity contribution in [3.63, 3.8) is 0 Å². The van der Waals surface area contributed by atoms with Crippen molar-refractivity contribution in [2.45, 2.75) is 70.9 Å². The predicted octanol–water partition coefficient (Wildman–Crippen LogP) is 5.18. The lowest BCUT2D eigenvalue weighted by molar-refractivity contribution is -0.0631. The summed E-state index contributed by atoms with van der Waals surface area (Å²) in [4.78, 5) is 14.4. The summed E-state index contributed by atoms with van der Waals surface area (Å²) < 4.78 is 17.1. The smallest absolute Gasteiger partial charge is 0.412 e. The third-order valence-corrected chi connectivity index (χ3v) is 4.70. The molecule has 2 unspecified atom stereocenters. The van der Waals surface area contributed by atoms with E-state index in [0.717, 1.165) is 18.4 Å². The quantitative estimate of drug-likeness (QED) is 0.702. The van der Waals surface area contributed by atoms with Crippen molar-refractivity contribution in [1.82, 2.24) is 4.90 Å². The average Bonchev–Trinajstić information content (AvgIpc) is 2.82.